The molecule has 2 aliphatic rings. The molecule has 1 amide bonds. The summed E-state index contributed by atoms with van der Waals surface area (Å²) in [6, 6.07) is 10.8. The number of nitrogens with zero attached hydrogens (tertiary/aromatic N) is 2. The molecule has 2 aromatic carbocycles. The fraction of sp³-hybridized carbons (Fsp3) is 0.480. The lowest BCUT2D eigenvalue weighted by atomic mass is 10.1. The first-order valence-electron chi connectivity index (χ1n) is 12.4. The van der Waals surface area contributed by atoms with E-state index in [1.165, 1.54) is 33.9 Å². The summed E-state index contributed by atoms with van der Waals surface area (Å²) in [4.78, 5) is 13.0. The van der Waals surface area contributed by atoms with Gasteiger partial charge < -0.3 is 14.8 Å². The fourth-order valence-corrected chi connectivity index (χ4v) is 7.46. The van der Waals surface area contributed by atoms with Gasteiger partial charge in [0.05, 0.1) is 30.1 Å². The topological polar surface area (TPSA) is 122 Å². The van der Waals surface area contributed by atoms with Crippen molar-refractivity contribution in [3.63, 3.8) is 0 Å². The maximum atomic E-state index is 13.0. The number of amides is 1. The molecular formula is C25H33N3O7S2. The molecule has 0 saturated carbocycles. The monoisotopic (exact) mass is 551 g/mol. The van der Waals surface area contributed by atoms with Gasteiger partial charge in [-0.15, -0.1) is 0 Å². The van der Waals surface area contributed by atoms with E-state index in [1.54, 1.807) is 24.3 Å². The number of hydrogen-bond acceptors (Lipinski definition) is 7. The molecule has 0 radical (unpaired) electrons. The van der Waals surface area contributed by atoms with E-state index in [-0.39, 0.29) is 28.5 Å². The number of anilines is 1. The average Bonchev–Trinajstić information content (AvgIpc) is 2.93. The van der Waals surface area contributed by atoms with Gasteiger partial charge in [0.15, 0.2) is 0 Å². The first-order valence-corrected chi connectivity index (χ1v) is 15.2. The molecule has 37 heavy (non-hydrogen) atoms. The minimum absolute atomic E-state index is 0.0885. The van der Waals surface area contributed by atoms with E-state index in [2.05, 4.69) is 5.32 Å². The number of nitrogens with one attached hydrogen (secondary N) is 1. The number of piperidine rings is 1. The standard InChI is InChI=1S/C25H33N3O7S2/c1-34-24-11-10-23(37(32,33)28-15-17-35-18-16-28)19-20(24)5-12-25(29)26-21-6-8-22(9-7-21)36(30,31)27-13-3-2-4-14-27/h6-11,19H,2-5,12-18H2,1H3,(H,26,29). The normalized spacial score (nSPS) is 17.9. The number of aryl methyl sites for hydroxylation is 1. The van der Waals surface area contributed by atoms with Crippen LogP contribution < -0.4 is 10.1 Å². The van der Waals surface area contributed by atoms with Crippen LogP contribution in [-0.2, 0) is 36.0 Å². The molecule has 2 aliphatic heterocycles. The molecule has 2 aromatic rings. The number of rotatable bonds is 9. The number of carbonyl (C=O) groups excluding carboxylic acids is 1. The summed E-state index contributed by atoms with van der Waals surface area (Å²) in [5.41, 5.74) is 1.09. The second-order valence-electron chi connectivity index (χ2n) is 9.03. The molecule has 2 fully saturated rings. The Bertz CT molecular complexity index is 1300. The summed E-state index contributed by atoms with van der Waals surface area (Å²) >= 11 is 0. The van der Waals surface area contributed by atoms with E-state index in [0.717, 1.165) is 19.3 Å². The van der Waals surface area contributed by atoms with Crippen molar-refractivity contribution in [1.82, 2.24) is 8.61 Å². The molecule has 12 heteroatoms. The van der Waals surface area contributed by atoms with Crippen molar-refractivity contribution in [2.75, 3.05) is 51.8 Å². The number of morpholine rings is 1. The predicted octanol–water partition coefficient (Wildman–Crippen LogP) is 2.46. The van der Waals surface area contributed by atoms with Gasteiger partial charge in [-0.2, -0.15) is 8.61 Å². The van der Waals surface area contributed by atoms with Crippen LogP contribution in [0.15, 0.2) is 52.3 Å². The molecule has 0 atom stereocenters. The van der Waals surface area contributed by atoms with E-state index in [0.29, 0.717) is 56.4 Å². The van der Waals surface area contributed by atoms with Gasteiger partial charge in [-0.3, -0.25) is 4.79 Å². The van der Waals surface area contributed by atoms with Crippen molar-refractivity contribution in [2.45, 2.75) is 41.9 Å². The van der Waals surface area contributed by atoms with Crippen molar-refractivity contribution in [3.05, 3.63) is 48.0 Å². The lowest BCUT2D eigenvalue weighted by molar-refractivity contribution is -0.116. The zero-order valence-corrected chi connectivity index (χ0v) is 22.5. The van der Waals surface area contributed by atoms with E-state index >= 15 is 0 Å². The summed E-state index contributed by atoms with van der Waals surface area (Å²) < 4.78 is 65.2. The van der Waals surface area contributed by atoms with Gasteiger partial charge in [0.1, 0.15) is 5.75 Å². The van der Waals surface area contributed by atoms with E-state index in [4.69, 9.17) is 9.47 Å². The highest BCUT2D eigenvalue weighted by Crippen LogP contribution is 2.27. The number of methoxy groups -OCH3 is 1. The molecule has 0 aromatic heterocycles. The Morgan fingerprint density at radius 2 is 1.46 bits per heavy atom. The maximum absolute atomic E-state index is 13.0. The van der Waals surface area contributed by atoms with Crippen LogP contribution >= 0.6 is 0 Å². The summed E-state index contributed by atoms with van der Waals surface area (Å²) in [7, 11) is -5.72. The smallest absolute Gasteiger partial charge is 0.243 e. The summed E-state index contributed by atoms with van der Waals surface area (Å²) in [5, 5.41) is 2.78. The van der Waals surface area contributed by atoms with Gasteiger partial charge >= 0.3 is 0 Å². The molecule has 0 spiro atoms. The fourth-order valence-electron chi connectivity index (χ4n) is 4.48. The summed E-state index contributed by atoms with van der Waals surface area (Å²) in [6.45, 7) is 2.36. The summed E-state index contributed by atoms with van der Waals surface area (Å²) in [6.07, 6.45) is 3.12. The lowest BCUT2D eigenvalue weighted by Crippen LogP contribution is -2.40. The van der Waals surface area contributed by atoms with Gasteiger partial charge in [0, 0.05) is 38.3 Å². The highest BCUT2D eigenvalue weighted by atomic mass is 32.2. The molecular weight excluding hydrogens is 518 g/mol. The van der Waals surface area contributed by atoms with E-state index in [9.17, 15) is 21.6 Å². The number of carbonyl (C=O) groups is 1. The third-order valence-electron chi connectivity index (χ3n) is 6.57. The van der Waals surface area contributed by atoms with Crippen molar-refractivity contribution >= 4 is 31.6 Å². The zero-order valence-electron chi connectivity index (χ0n) is 20.9. The minimum atomic E-state index is -3.68. The molecule has 1 N–H and O–H groups in total. The van der Waals surface area contributed by atoms with Crippen molar-refractivity contribution in [1.29, 1.82) is 0 Å². The third-order valence-corrected chi connectivity index (χ3v) is 10.4. The second-order valence-corrected chi connectivity index (χ2v) is 12.9. The van der Waals surface area contributed by atoms with Crippen LogP contribution in [0.2, 0.25) is 0 Å². The molecule has 2 heterocycles. The number of sulfonamides is 2. The molecule has 202 valence electrons. The van der Waals surface area contributed by atoms with Crippen LogP contribution in [0.1, 0.15) is 31.2 Å². The highest BCUT2D eigenvalue weighted by molar-refractivity contribution is 7.89. The highest BCUT2D eigenvalue weighted by Gasteiger charge is 2.28. The third kappa shape index (κ3) is 6.50. The van der Waals surface area contributed by atoms with E-state index < -0.39 is 20.0 Å². The predicted molar refractivity (Wildman–Crippen MR) is 139 cm³/mol. The Labute approximate surface area is 218 Å². The minimum Gasteiger partial charge on any atom is -0.496 e. The first kappa shape index (κ1) is 27.5. The quantitative estimate of drug-likeness (QED) is 0.508. The Balaban J connectivity index is 1.39. The molecule has 10 nitrogen and oxygen atoms in total. The number of benzene rings is 2. The van der Waals surface area contributed by atoms with Crippen LogP contribution in [0.5, 0.6) is 5.75 Å². The number of ether oxygens (including phenoxy) is 2. The molecule has 0 bridgehead atoms. The van der Waals surface area contributed by atoms with Gasteiger partial charge in [0.25, 0.3) is 0 Å². The average molecular weight is 552 g/mol. The largest absolute Gasteiger partial charge is 0.496 e. The Morgan fingerprint density at radius 3 is 2.11 bits per heavy atom. The molecule has 0 aliphatic carbocycles. The Kier molecular flexibility index (Phi) is 8.86. The van der Waals surface area contributed by atoms with Crippen LogP contribution in [0.4, 0.5) is 5.69 Å². The Hall–Kier alpha value is -2.51. The number of hydrogen-bond donors (Lipinski definition) is 1. The van der Waals surface area contributed by atoms with Crippen LogP contribution in [0.25, 0.3) is 0 Å². The molecule has 4 rings (SSSR count). The second kappa shape index (κ2) is 11.9. The van der Waals surface area contributed by atoms with Gasteiger partial charge in [0.2, 0.25) is 26.0 Å². The Morgan fingerprint density at radius 1 is 0.865 bits per heavy atom. The zero-order chi connectivity index (χ0) is 26.5. The first-order chi connectivity index (χ1) is 17.7. The van der Waals surface area contributed by atoms with Gasteiger partial charge in [-0.05, 0) is 67.3 Å². The SMILES string of the molecule is COc1ccc(S(=O)(=O)N2CCOCC2)cc1CCC(=O)Nc1ccc(S(=O)(=O)N2CCCCC2)cc1. The van der Waals surface area contributed by atoms with Crippen LogP contribution in [0, 0.1) is 0 Å². The van der Waals surface area contributed by atoms with Gasteiger partial charge in [-0.25, -0.2) is 16.8 Å². The van der Waals surface area contributed by atoms with Crippen LogP contribution in [-0.4, -0.2) is 77.9 Å². The van der Waals surface area contributed by atoms with E-state index in [1.807, 2.05) is 0 Å². The van der Waals surface area contributed by atoms with Crippen molar-refractivity contribution in [2.24, 2.45) is 0 Å². The van der Waals surface area contributed by atoms with Crippen molar-refractivity contribution < 1.29 is 31.1 Å². The van der Waals surface area contributed by atoms with Crippen LogP contribution in [0.3, 0.4) is 0 Å². The van der Waals surface area contributed by atoms with Crippen molar-refractivity contribution in [3.8, 4) is 5.75 Å². The van der Waals surface area contributed by atoms with Gasteiger partial charge in [-0.1, -0.05) is 6.42 Å². The molecule has 0 unspecified atom stereocenters. The lowest BCUT2D eigenvalue weighted by Gasteiger charge is -2.26. The summed E-state index contributed by atoms with van der Waals surface area (Å²) in [5.74, 6) is 0.219. The molecule has 2 saturated heterocycles. The maximum Gasteiger partial charge on any atom is 0.243 e.